The van der Waals surface area contributed by atoms with Crippen LogP contribution in [-0.2, 0) is 16.1 Å². The van der Waals surface area contributed by atoms with Gasteiger partial charge >= 0.3 is 5.97 Å². The van der Waals surface area contributed by atoms with Crippen molar-refractivity contribution in [2.75, 3.05) is 6.54 Å². The van der Waals surface area contributed by atoms with E-state index in [1.54, 1.807) is 0 Å². The molecule has 16 heavy (non-hydrogen) atoms. The minimum absolute atomic E-state index is 0.270. The van der Waals surface area contributed by atoms with Gasteiger partial charge < -0.3 is 4.74 Å². The summed E-state index contributed by atoms with van der Waals surface area (Å²) in [5.74, 6) is 0.201. The highest BCUT2D eigenvalue weighted by molar-refractivity contribution is 6.36. The van der Waals surface area contributed by atoms with Crippen LogP contribution in [0.2, 0.25) is 0 Å². The van der Waals surface area contributed by atoms with Crippen LogP contribution in [0.3, 0.4) is 0 Å². The zero-order chi connectivity index (χ0) is 11.4. The Morgan fingerprint density at radius 2 is 2.19 bits per heavy atom. The second-order valence-corrected chi connectivity index (χ2v) is 4.16. The third-order valence-electron chi connectivity index (χ3n) is 2.58. The summed E-state index contributed by atoms with van der Waals surface area (Å²) in [7, 11) is 0. The van der Waals surface area contributed by atoms with E-state index in [0.717, 1.165) is 18.5 Å². The van der Waals surface area contributed by atoms with Gasteiger partial charge in [-0.25, -0.2) is 4.79 Å². The van der Waals surface area contributed by atoms with E-state index in [4.69, 9.17) is 4.74 Å². The Hall–Kier alpha value is -1.64. The molecular formula is C13H15NO2. The average molecular weight is 217 g/mol. The standard InChI is InChI=1S/C13H15NO2/c1-10-7-12(14-8-10)13(15)16-9-11-5-3-2-4-6-11/h2-6,10H,7-9H2,1H3. The van der Waals surface area contributed by atoms with Crippen molar-refractivity contribution < 1.29 is 9.53 Å². The van der Waals surface area contributed by atoms with Crippen molar-refractivity contribution in [1.82, 2.24) is 0 Å². The lowest BCUT2D eigenvalue weighted by Gasteiger charge is -2.04. The van der Waals surface area contributed by atoms with Gasteiger partial charge in [0.25, 0.3) is 0 Å². The molecule has 1 aliphatic rings. The lowest BCUT2D eigenvalue weighted by molar-refractivity contribution is -0.136. The largest absolute Gasteiger partial charge is 0.456 e. The van der Waals surface area contributed by atoms with E-state index in [1.807, 2.05) is 30.3 Å². The van der Waals surface area contributed by atoms with Crippen molar-refractivity contribution in [2.45, 2.75) is 20.0 Å². The summed E-state index contributed by atoms with van der Waals surface area (Å²) in [6, 6.07) is 9.67. The Bertz CT molecular complexity index is 398. The summed E-state index contributed by atoms with van der Waals surface area (Å²) < 4.78 is 5.19. The maximum absolute atomic E-state index is 11.6. The molecule has 0 bridgehead atoms. The van der Waals surface area contributed by atoms with Gasteiger partial charge in [-0.3, -0.25) is 4.99 Å². The van der Waals surface area contributed by atoms with Crippen LogP contribution in [0.4, 0.5) is 0 Å². The van der Waals surface area contributed by atoms with Crippen molar-refractivity contribution in [3.8, 4) is 0 Å². The Kier molecular flexibility index (Phi) is 3.34. The average Bonchev–Trinajstić information content (AvgIpc) is 2.74. The molecule has 3 heteroatoms. The number of aliphatic imine (C=N–C) groups is 1. The van der Waals surface area contributed by atoms with Crippen molar-refractivity contribution >= 4 is 11.7 Å². The van der Waals surface area contributed by atoms with Gasteiger partial charge in [0, 0.05) is 13.0 Å². The van der Waals surface area contributed by atoms with Crippen LogP contribution in [0.25, 0.3) is 0 Å². The molecule has 1 aromatic carbocycles. The van der Waals surface area contributed by atoms with E-state index >= 15 is 0 Å². The second-order valence-electron chi connectivity index (χ2n) is 4.16. The number of carbonyl (C=O) groups is 1. The Labute approximate surface area is 95.2 Å². The summed E-state index contributed by atoms with van der Waals surface area (Å²) in [6.45, 7) is 3.16. The van der Waals surface area contributed by atoms with Gasteiger partial charge in [-0.2, -0.15) is 0 Å². The maximum atomic E-state index is 11.6. The number of ether oxygens (including phenoxy) is 1. The van der Waals surface area contributed by atoms with E-state index in [2.05, 4.69) is 11.9 Å². The molecule has 0 amide bonds. The fourth-order valence-electron chi connectivity index (χ4n) is 1.68. The number of carbonyl (C=O) groups excluding carboxylic acids is 1. The van der Waals surface area contributed by atoms with Gasteiger partial charge in [0.1, 0.15) is 12.3 Å². The van der Waals surface area contributed by atoms with Gasteiger partial charge in [-0.1, -0.05) is 37.3 Å². The topological polar surface area (TPSA) is 38.7 Å². The van der Waals surface area contributed by atoms with E-state index in [-0.39, 0.29) is 5.97 Å². The second kappa shape index (κ2) is 4.92. The molecule has 0 spiro atoms. The first kappa shape index (κ1) is 10.9. The Morgan fingerprint density at radius 1 is 1.44 bits per heavy atom. The monoisotopic (exact) mass is 217 g/mol. The first-order valence-corrected chi connectivity index (χ1v) is 5.50. The number of nitrogens with zero attached hydrogens (tertiary/aromatic N) is 1. The van der Waals surface area contributed by atoms with Gasteiger partial charge in [-0.15, -0.1) is 0 Å². The molecule has 0 fully saturated rings. The van der Waals surface area contributed by atoms with Crippen LogP contribution >= 0.6 is 0 Å². The summed E-state index contributed by atoms with van der Waals surface area (Å²) in [4.78, 5) is 15.8. The molecule has 0 aliphatic carbocycles. The molecule has 84 valence electrons. The fourth-order valence-corrected chi connectivity index (χ4v) is 1.68. The lowest BCUT2D eigenvalue weighted by Crippen LogP contribution is -2.16. The zero-order valence-corrected chi connectivity index (χ0v) is 9.35. The van der Waals surface area contributed by atoms with E-state index in [9.17, 15) is 4.79 Å². The quantitative estimate of drug-likeness (QED) is 0.728. The van der Waals surface area contributed by atoms with Crippen LogP contribution in [0.1, 0.15) is 18.9 Å². The molecule has 1 heterocycles. The van der Waals surface area contributed by atoms with Crippen LogP contribution < -0.4 is 0 Å². The molecule has 0 N–H and O–H groups in total. The molecule has 1 atom stereocenters. The van der Waals surface area contributed by atoms with Crippen molar-refractivity contribution in [1.29, 1.82) is 0 Å². The smallest absolute Gasteiger partial charge is 0.352 e. The third kappa shape index (κ3) is 2.69. The maximum Gasteiger partial charge on any atom is 0.352 e. The lowest BCUT2D eigenvalue weighted by atomic mass is 10.1. The van der Waals surface area contributed by atoms with Crippen molar-refractivity contribution in [2.24, 2.45) is 10.9 Å². The predicted octanol–water partition coefficient (Wildman–Crippen LogP) is 2.21. The highest BCUT2D eigenvalue weighted by Gasteiger charge is 2.21. The van der Waals surface area contributed by atoms with E-state index < -0.39 is 0 Å². The molecule has 1 aromatic rings. The highest BCUT2D eigenvalue weighted by atomic mass is 16.5. The van der Waals surface area contributed by atoms with E-state index in [1.165, 1.54) is 0 Å². The number of rotatable bonds is 3. The Morgan fingerprint density at radius 3 is 2.81 bits per heavy atom. The zero-order valence-electron chi connectivity index (χ0n) is 9.35. The number of hydrogen-bond acceptors (Lipinski definition) is 3. The molecule has 0 saturated heterocycles. The summed E-state index contributed by atoms with van der Waals surface area (Å²) in [5.41, 5.74) is 1.59. The minimum atomic E-state index is -0.270. The molecule has 3 nitrogen and oxygen atoms in total. The van der Waals surface area contributed by atoms with Crippen molar-refractivity contribution in [3.63, 3.8) is 0 Å². The normalized spacial score (nSPS) is 19.3. The van der Waals surface area contributed by atoms with Gasteiger partial charge in [0.05, 0.1) is 0 Å². The van der Waals surface area contributed by atoms with Crippen LogP contribution in [0.15, 0.2) is 35.3 Å². The van der Waals surface area contributed by atoms with E-state index in [0.29, 0.717) is 18.2 Å². The fraction of sp³-hybridized carbons (Fsp3) is 0.385. The van der Waals surface area contributed by atoms with Gasteiger partial charge in [0.15, 0.2) is 0 Å². The number of hydrogen-bond donors (Lipinski definition) is 0. The predicted molar refractivity (Wildman–Crippen MR) is 62.3 cm³/mol. The number of benzene rings is 1. The summed E-state index contributed by atoms with van der Waals surface area (Å²) >= 11 is 0. The highest BCUT2D eigenvalue weighted by Crippen LogP contribution is 2.13. The van der Waals surface area contributed by atoms with Crippen LogP contribution in [0, 0.1) is 5.92 Å². The third-order valence-corrected chi connectivity index (χ3v) is 2.58. The molecule has 0 aromatic heterocycles. The first-order valence-electron chi connectivity index (χ1n) is 5.50. The molecule has 0 radical (unpaired) electrons. The number of esters is 1. The SMILES string of the molecule is CC1CN=C(C(=O)OCc2ccccc2)C1. The molecular weight excluding hydrogens is 202 g/mol. The minimum Gasteiger partial charge on any atom is -0.456 e. The molecule has 2 rings (SSSR count). The Balaban J connectivity index is 1.85. The first-order chi connectivity index (χ1) is 7.75. The summed E-state index contributed by atoms with van der Waals surface area (Å²) in [5, 5.41) is 0. The van der Waals surface area contributed by atoms with Crippen LogP contribution in [-0.4, -0.2) is 18.2 Å². The summed E-state index contributed by atoms with van der Waals surface area (Å²) in [6.07, 6.45) is 0.744. The molecule has 1 unspecified atom stereocenters. The van der Waals surface area contributed by atoms with Gasteiger partial charge in [-0.05, 0) is 11.5 Å². The molecule has 1 aliphatic heterocycles. The molecule has 0 saturated carbocycles. The van der Waals surface area contributed by atoms with Gasteiger partial charge in [0.2, 0.25) is 0 Å². The van der Waals surface area contributed by atoms with Crippen LogP contribution in [0.5, 0.6) is 0 Å². The van der Waals surface area contributed by atoms with Crippen molar-refractivity contribution in [3.05, 3.63) is 35.9 Å².